The Hall–Kier alpha value is -1.60. The first kappa shape index (κ1) is 18.4. The van der Waals surface area contributed by atoms with Gasteiger partial charge in [0.05, 0.1) is 39.6 Å². The van der Waals surface area contributed by atoms with Gasteiger partial charge in [-0.2, -0.15) is 0 Å². The van der Waals surface area contributed by atoms with Crippen molar-refractivity contribution in [2.24, 2.45) is 5.11 Å². The Morgan fingerprint density at radius 1 is 1.15 bits per heavy atom. The summed E-state index contributed by atoms with van der Waals surface area (Å²) in [6.45, 7) is 8.64. The van der Waals surface area contributed by atoms with Gasteiger partial charge in [-0.3, -0.25) is 4.79 Å². The van der Waals surface area contributed by atoms with Gasteiger partial charge in [0, 0.05) is 23.6 Å². The van der Waals surface area contributed by atoms with Crippen LogP contribution < -0.4 is 5.32 Å². The van der Waals surface area contributed by atoms with Crippen molar-refractivity contribution >= 4 is 5.91 Å². The molecule has 20 heavy (non-hydrogen) atoms. The highest BCUT2D eigenvalue weighted by Gasteiger charge is 1.99. The van der Waals surface area contributed by atoms with Crippen LogP contribution >= 0.6 is 0 Å². The maximum absolute atomic E-state index is 11.1. The lowest BCUT2D eigenvalue weighted by Crippen LogP contribution is -2.27. The van der Waals surface area contributed by atoms with Crippen LogP contribution in [0, 0.1) is 0 Å². The molecule has 0 fully saturated rings. The summed E-state index contributed by atoms with van der Waals surface area (Å²) in [6, 6.07) is 0. The van der Waals surface area contributed by atoms with Crippen LogP contribution in [0.4, 0.5) is 0 Å². The highest BCUT2D eigenvalue weighted by Crippen LogP contribution is 1.85. The molecule has 1 amide bonds. The van der Waals surface area contributed by atoms with Crippen molar-refractivity contribution in [3.63, 3.8) is 0 Å². The number of hydrogen-bond acceptors (Lipinski definition) is 5. The molecule has 114 valence electrons. The Labute approximate surface area is 118 Å². The number of amides is 1. The van der Waals surface area contributed by atoms with Crippen molar-refractivity contribution in [3.05, 3.63) is 22.6 Å². The minimum atomic E-state index is -0.164. The molecule has 8 nitrogen and oxygen atoms in total. The fourth-order valence-electron chi connectivity index (χ4n) is 1.08. The summed E-state index contributed by atoms with van der Waals surface area (Å²) in [6.07, 6.45) is 0. The Kier molecular flexibility index (Phi) is 12.7. The molecule has 0 heterocycles. The summed E-state index contributed by atoms with van der Waals surface area (Å²) in [7, 11) is 0. The molecular formula is C12H22N4O4. The quantitative estimate of drug-likeness (QED) is 0.179. The van der Waals surface area contributed by atoms with Gasteiger partial charge in [0.1, 0.15) is 0 Å². The van der Waals surface area contributed by atoms with Crippen LogP contribution in [-0.4, -0.2) is 58.6 Å². The third-order valence-electron chi connectivity index (χ3n) is 2.06. The van der Waals surface area contributed by atoms with Gasteiger partial charge in [-0.25, -0.2) is 0 Å². The van der Waals surface area contributed by atoms with Crippen LogP contribution in [0.15, 0.2) is 17.3 Å². The van der Waals surface area contributed by atoms with Crippen molar-refractivity contribution in [3.8, 4) is 0 Å². The lowest BCUT2D eigenvalue weighted by atomic mass is 10.3. The number of nitrogens with zero attached hydrogens (tertiary/aromatic N) is 3. The Bertz CT molecular complexity index is 329. The van der Waals surface area contributed by atoms with E-state index in [9.17, 15) is 4.79 Å². The molecule has 0 aliphatic rings. The van der Waals surface area contributed by atoms with E-state index in [1.54, 1.807) is 6.92 Å². The van der Waals surface area contributed by atoms with Gasteiger partial charge in [0.2, 0.25) is 5.91 Å². The molecule has 0 aliphatic carbocycles. The summed E-state index contributed by atoms with van der Waals surface area (Å²) in [4.78, 5) is 13.7. The molecule has 8 heteroatoms. The second-order valence-electron chi connectivity index (χ2n) is 3.83. The van der Waals surface area contributed by atoms with E-state index >= 15 is 0 Å². The van der Waals surface area contributed by atoms with E-state index in [1.807, 2.05) is 0 Å². The molecule has 0 aromatic heterocycles. The van der Waals surface area contributed by atoms with Crippen molar-refractivity contribution in [2.45, 2.75) is 6.92 Å². The number of ether oxygens (including phenoxy) is 3. The Balaban J connectivity index is 3.11. The van der Waals surface area contributed by atoms with Gasteiger partial charge in [-0.05, 0) is 12.5 Å². The first-order valence-electron chi connectivity index (χ1n) is 6.36. The molecule has 0 bridgehead atoms. The molecule has 0 atom stereocenters. The number of carbonyl (C=O) groups is 1. The number of carbonyl (C=O) groups excluding carboxylic acids is 1. The van der Waals surface area contributed by atoms with Crippen molar-refractivity contribution in [2.75, 3.05) is 52.7 Å². The smallest absolute Gasteiger partial charge is 0.246 e. The van der Waals surface area contributed by atoms with E-state index < -0.39 is 0 Å². The molecule has 0 saturated carbocycles. The maximum atomic E-state index is 11.1. The first-order valence-corrected chi connectivity index (χ1v) is 6.36. The molecule has 0 aromatic rings. The topological polar surface area (TPSA) is 106 Å². The zero-order chi connectivity index (χ0) is 15.1. The highest BCUT2D eigenvalue weighted by atomic mass is 16.5. The molecule has 0 aromatic carbocycles. The second-order valence-corrected chi connectivity index (χ2v) is 3.83. The lowest BCUT2D eigenvalue weighted by Gasteiger charge is -2.07. The minimum Gasteiger partial charge on any atom is -0.379 e. The van der Waals surface area contributed by atoms with Crippen molar-refractivity contribution in [1.82, 2.24) is 5.32 Å². The SMILES string of the molecule is C=C(C)C(=O)NCCOCCOCCOCCN=[N+]=[N-]. The third-order valence-corrected chi connectivity index (χ3v) is 2.06. The van der Waals surface area contributed by atoms with Crippen LogP contribution in [0.1, 0.15) is 6.92 Å². The third kappa shape index (κ3) is 12.8. The summed E-state index contributed by atoms with van der Waals surface area (Å²) in [5, 5.41) is 5.99. The normalized spacial score (nSPS) is 9.85. The predicted octanol–water partition coefficient (Wildman–Crippen LogP) is 1.04. The monoisotopic (exact) mass is 286 g/mol. The predicted molar refractivity (Wildman–Crippen MR) is 74.3 cm³/mol. The fraction of sp³-hybridized carbons (Fsp3) is 0.750. The van der Waals surface area contributed by atoms with E-state index in [1.165, 1.54) is 0 Å². The van der Waals surface area contributed by atoms with Crippen molar-refractivity contribution < 1.29 is 19.0 Å². The van der Waals surface area contributed by atoms with E-state index in [0.717, 1.165) is 0 Å². The highest BCUT2D eigenvalue weighted by molar-refractivity contribution is 5.91. The number of rotatable bonds is 13. The van der Waals surface area contributed by atoms with Crippen molar-refractivity contribution in [1.29, 1.82) is 0 Å². The van der Waals surface area contributed by atoms with E-state index in [4.69, 9.17) is 19.7 Å². The maximum Gasteiger partial charge on any atom is 0.246 e. The lowest BCUT2D eigenvalue weighted by molar-refractivity contribution is -0.117. The zero-order valence-electron chi connectivity index (χ0n) is 11.8. The largest absolute Gasteiger partial charge is 0.379 e. The molecule has 1 N–H and O–H groups in total. The van der Waals surface area contributed by atoms with Gasteiger partial charge in [-0.15, -0.1) is 0 Å². The van der Waals surface area contributed by atoms with Gasteiger partial charge in [-0.1, -0.05) is 11.7 Å². The Morgan fingerprint density at radius 2 is 1.70 bits per heavy atom. The van der Waals surface area contributed by atoms with Crippen LogP contribution in [0.3, 0.4) is 0 Å². The van der Waals surface area contributed by atoms with Gasteiger partial charge >= 0.3 is 0 Å². The second kappa shape index (κ2) is 13.8. The number of azide groups is 1. The summed E-state index contributed by atoms with van der Waals surface area (Å²) in [5.74, 6) is -0.164. The summed E-state index contributed by atoms with van der Waals surface area (Å²) >= 11 is 0. The summed E-state index contributed by atoms with van der Waals surface area (Å²) < 4.78 is 15.7. The van der Waals surface area contributed by atoms with Crippen LogP contribution in [0.2, 0.25) is 0 Å². The molecule has 0 saturated heterocycles. The van der Waals surface area contributed by atoms with Gasteiger partial charge in [0.15, 0.2) is 0 Å². The van der Waals surface area contributed by atoms with E-state index in [2.05, 4.69) is 21.9 Å². The molecular weight excluding hydrogens is 264 g/mol. The molecule has 0 aliphatic heterocycles. The standard InChI is InChI=1S/C12H22N4O4/c1-11(2)12(17)14-3-5-18-7-9-20-10-8-19-6-4-15-16-13/h1,3-10H2,2H3,(H,14,17). The average molecular weight is 286 g/mol. The zero-order valence-corrected chi connectivity index (χ0v) is 11.8. The van der Waals surface area contributed by atoms with Crippen LogP contribution in [0.25, 0.3) is 10.4 Å². The molecule has 0 spiro atoms. The summed E-state index contributed by atoms with van der Waals surface area (Å²) in [5.41, 5.74) is 8.50. The molecule has 0 rings (SSSR count). The molecule has 0 unspecified atom stereocenters. The number of nitrogens with one attached hydrogen (secondary N) is 1. The number of hydrogen-bond donors (Lipinski definition) is 1. The Morgan fingerprint density at radius 3 is 2.25 bits per heavy atom. The van der Waals surface area contributed by atoms with E-state index in [0.29, 0.717) is 58.3 Å². The van der Waals surface area contributed by atoms with Gasteiger partial charge in [0.25, 0.3) is 0 Å². The van der Waals surface area contributed by atoms with Crippen LogP contribution in [-0.2, 0) is 19.0 Å². The van der Waals surface area contributed by atoms with Crippen LogP contribution in [0.5, 0.6) is 0 Å². The average Bonchev–Trinajstić information content (AvgIpc) is 2.43. The molecule has 0 radical (unpaired) electrons. The van der Waals surface area contributed by atoms with Gasteiger partial charge < -0.3 is 19.5 Å². The minimum absolute atomic E-state index is 0.164. The van der Waals surface area contributed by atoms with E-state index in [-0.39, 0.29) is 5.91 Å². The fourth-order valence-corrected chi connectivity index (χ4v) is 1.08. The first-order chi connectivity index (χ1) is 9.68.